The van der Waals surface area contributed by atoms with Crippen molar-refractivity contribution in [3.05, 3.63) is 82.4 Å². The number of benzene rings is 2. The molecule has 0 radical (unpaired) electrons. The lowest BCUT2D eigenvalue weighted by Gasteiger charge is -2.37. The standard InChI is InChI=1S/C22H16ClF5N4O/c23-21-14(2-1-7-29-21)22(33)30-12-3-5-13(6-4-12)31-8-10-32(11-9-31)20-18(27)16(25)15(24)17(26)19(20)28/h1-7H,8-11H2,(H,30,33). The Morgan fingerprint density at radius 1 is 0.818 bits per heavy atom. The first kappa shape index (κ1) is 22.8. The summed E-state index contributed by atoms with van der Waals surface area (Å²) in [5.74, 6) is -10.2. The number of hydrogen-bond donors (Lipinski definition) is 1. The lowest BCUT2D eigenvalue weighted by molar-refractivity contribution is 0.102. The zero-order valence-electron chi connectivity index (χ0n) is 16.9. The van der Waals surface area contributed by atoms with E-state index in [4.69, 9.17) is 11.6 Å². The molecule has 172 valence electrons. The fraction of sp³-hybridized carbons (Fsp3) is 0.182. The van der Waals surface area contributed by atoms with Crippen LogP contribution in [0.1, 0.15) is 10.4 Å². The van der Waals surface area contributed by atoms with Crippen molar-refractivity contribution in [3.63, 3.8) is 0 Å². The molecular formula is C22H16ClF5N4O. The molecule has 1 fully saturated rings. The SMILES string of the molecule is O=C(Nc1ccc(N2CCN(c3c(F)c(F)c(F)c(F)c3F)CC2)cc1)c1cccnc1Cl. The van der Waals surface area contributed by atoms with Crippen molar-refractivity contribution in [3.8, 4) is 0 Å². The minimum absolute atomic E-state index is 0.0519. The highest BCUT2D eigenvalue weighted by molar-refractivity contribution is 6.33. The van der Waals surface area contributed by atoms with E-state index in [1.807, 2.05) is 4.90 Å². The number of halogens is 6. The quantitative estimate of drug-likeness (QED) is 0.246. The fourth-order valence-electron chi connectivity index (χ4n) is 3.57. The Morgan fingerprint density at radius 3 is 1.94 bits per heavy atom. The summed E-state index contributed by atoms with van der Waals surface area (Å²) in [5.41, 5.74) is 0.596. The Balaban J connectivity index is 1.42. The number of carbonyl (C=O) groups is 1. The van der Waals surface area contributed by atoms with Crippen molar-refractivity contribution >= 4 is 34.6 Å². The molecule has 0 bridgehead atoms. The van der Waals surface area contributed by atoms with Crippen LogP contribution in [0.25, 0.3) is 0 Å². The Labute approximate surface area is 190 Å². The van der Waals surface area contributed by atoms with Crippen LogP contribution in [0.3, 0.4) is 0 Å². The first-order valence-corrected chi connectivity index (χ1v) is 10.2. The summed E-state index contributed by atoms with van der Waals surface area (Å²) >= 11 is 5.92. The number of aromatic nitrogens is 1. The Hall–Kier alpha value is -3.40. The van der Waals surface area contributed by atoms with Crippen molar-refractivity contribution in [2.24, 2.45) is 0 Å². The minimum Gasteiger partial charge on any atom is -0.368 e. The molecule has 3 aromatic rings. The molecule has 1 aliphatic heterocycles. The van der Waals surface area contributed by atoms with Gasteiger partial charge in [0.05, 0.1) is 5.56 Å². The third-order valence-corrected chi connectivity index (χ3v) is 5.58. The van der Waals surface area contributed by atoms with Gasteiger partial charge in [-0.25, -0.2) is 26.9 Å². The number of pyridine rings is 1. The molecule has 2 heterocycles. The molecule has 5 nitrogen and oxygen atoms in total. The van der Waals surface area contributed by atoms with Crippen molar-refractivity contribution in [2.45, 2.75) is 0 Å². The number of nitrogens with zero attached hydrogens (tertiary/aromatic N) is 3. The summed E-state index contributed by atoms with van der Waals surface area (Å²) in [6, 6.07) is 9.98. The number of nitrogens with one attached hydrogen (secondary N) is 1. The molecule has 0 atom stereocenters. The van der Waals surface area contributed by atoms with Gasteiger partial charge in [-0.2, -0.15) is 0 Å². The van der Waals surface area contributed by atoms with Crippen LogP contribution >= 0.6 is 11.6 Å². The zero-order valence-corrected chi connectivity index (χ0v) is 17.6. The summed E-state index contributed by atoms with van der Waals surface area (Å²) in [4.78, 5) is 19.2. The summed E-state index contributed by atoms with van der Waals surface area (Å²) in [7, 11) is 0. The molecule has 0 unspecified atom stereocenters. The van der Waals surface area contributed by atoms with Gasteiger partial charge in [0.15, 0.2) is 23.3 Å². The van der Waals surface area contributed by atoms with Gasteiger partial charge in [0, 0.05) is 43.8 Å². The lowest BCUT2D eigenvalue weighted by atomic mass is 10.2. The van der Waals surface area contributed by atoms with E-state index in [9.17, 15) is 26.7 Å². The number of amides is 1. The number of hydrogen-bond acceptors (Lipinski definition) is 4. The van der Waals surface area contributed by atoms with Gasteiger partial charge >= 0.3 is 0 Å². The molecule has 2 aromatic carbocycles. The molecule has 1 aliphatic rings. The normalized spacial score (nSPS) is 13.9. The van der Waals surface area contributed by atoms with E-state index in [0.717, 1.165) is 10.6 Å². The maximum atomic E-state index is 14.1. The molecule has 0 aliphatic carbocycles. The average Bonchev–Trinajstić information content (AvgIpc) is 2.83. The Morgan fingerprint density at radius 2 is 1.36 bits per heavy atom. The predicted molar refractivity (Wildman–Crippen MR) is 114 cm³/mol. The second kappa shape index (κ2) is 9.22. The molecule has 0 saturated carbocycles. The van der Waals surface area contributed by atoms with Crippen LogP contribution in [0.15, 0.2) is 42.6 Å². The number of rotatable bonds is 4. The van der Waals surface area contributed by atoms with E-state index in [1.165, 1.54) is 6.20 Å². The highest BCUT2D eigenvalue weighted by atomic mass is 35.5. The van der Waals surface area contributed by atoms with Crippen LogP contribution in [0, 0.1) is 29.1 Å². The van der Waals surface area contributed by atoms with Gasteiger partial charge in [0.2, 0.25) is 5.82 Å². The Kier molecular flexibility index (Phi) is 6.37. The second-order valence-corrected chi connectivity index (χ2v) is 7.59. The first-order chi connectivity index (χ1) is 15.8. The van der Waals surface area contributed by atoms with Crippen LogP contribution in [0.2, 0.25) is 5.15 Å². The molecule has 0 spiro atoms. The van der Waals surface area contributed by atoms with Gasteiger partial charge in [-0.05, 0) is 36.4 Å². The fourth-order valence-corrected chi connectivity index (χ4v) is 3.77. The van der Waals surface area contributed by atoms with Gasteiger partial charge in [-0.3, -0.25) is 4.79 Å². The Bertz CT molecular complexity index is 1170. The monoisotopic (exact) mass is 482 g/mol. The van der Waals surface area contributed by atoms with Crippen molar-refractivity contribution in [1.82, 2.24) is 4.98 Å². The molecule has 1 aromatic heterocycles. The van der Waals surface area contributed by atoms with Crippen molar-refractivity contribution in [1.29, 1.82) is 0 Å². The van der Waals surface area contributed by atoms with Crippen LogP contribution in [0.4, 0.5) is 39.0 Å². The summed E-state index contributed by atoms with van der Waals surface area (Å²) < 4.78 is 68.5. The van der Waals surface area contributed by atoms with Crippen LogP contribution in [-0.4, -0.2) is 37.1 Å². The third-order valence-electron chi connectivity index (χ3n) is 5.28. The molecule has 1 N–H and O–H groups in total. The largest absolute Gasteiger partial charge is 0.368 e. The third kappa shape index (κ3) is 4.43. The van der Waals surface area contributed by atoms with E-state index in [0.29, 0.717) is 5.69 Å². The van der Waals surface area contributed by atoms with E-state index in [1.54, 1.807) is 36.4 Å². The summed E-state index contributed by atoms with van der Waals surface area (Å²) in [5, 5.41) is 2.79. The molecular weight excluding hydrogens is 467 g/mol. The van der Waals surface area contributed by atoms with Gasteiger partial charge in [0.25, 0.3) is 5.91 Å². The van der Waals surface area contributed by atoms with Gasteiger partial charge in [-0.1, -0.05) is 11.6 Å². The first-order valence-electron chi connectivity index (χ1n) is 9.81. The smallest absolute Gasteiger partial charge is 0.258 e. The number of carbonyl (C=O) groups excluding carboxylic acids is 1. The highest BCUT2D eigenvalue weighted by Crippen LogP contribution is 2.31. The van der Waals surface area contributed by atoms with Crippen LogP contribution in [0.5, 0.6) is 0 Å². The van der Waals surface area contributed by atoms with E-state index < -0.39 is 40.7 Å². The molecule has 11 heteroatoms. The van der Waals surface area contributed by atoms with Gasteiger partial charge in [0.1, 0.15) is 10.8 Å². The van der Waals surface area contributed by atoms with E-state index in [-0.39, 0.29) is 36.9 Å². The molecule has 1 saturated heterocycles. The number of anilines is 3. The predicted octanol–water partition coefficient (Wildman–Crippen LogP) is 5.01. The van der Waals surface area contributed by atoms with E-state index in [2.05, 4.69) is 10.3 Å². The van der Waals surface area contributed by atoms with Gasteiger partial charge < -0.3 is 15.1 Å². The van der Waals surface area contributed by atoms with Gasteiger partial charge in [-0.15, -0.1) is 0 Å². The van der Waals surface area contributed by atoms with E-state index >= 15 is 0 Å². The minimum atomic E-state index is -2.18. The maximum absolute atomic E-state index is 14.1. The molecule has 1 amide bonds. The second-order valence-electron chi connectivity index (χ2n) is 7.24. The van der Waals surface area contributed by atoms with Crippen molar-refractivity contribution in [2.75, 3.05) is 41.3 Å². The van der Waals surface area contributed by atoms with Crippen molar-refractivity contribution < 1.29 is 26.7 Å². The maximum Gasteiger partial charge on any atom is 0.258 e. The topological polar surface area (TPSA) is 48.5 Å². The molecule has 4 rings (SSSR count). The average molecular weight is 483 g/mol. The summed E-state index contributed by atoms with van der Waals surface area (Å²) in [6.07, 6.45) is 1.47. The lowest BCUT2D eigenvalue weighted by Crippen LogP contribution is -2.47. The number of piperazine rings is 1. The highest BCUT2D eigenvalue weighted by Gasteiger charge is 2.30. The zero-order chi connectivity index (χ0) is 23.7. The summed E-state index contributed by atoms with van der Waals surface area (Å²) in [6.45, 7) is 0.680. The van der Waals surface area contributed by atoms with Crippen LogP contribution in [-0.2, 0) is 0 Å². The van der Waals surface area contributed by atoms with Crippen LogP contribution < -0.4 is 15.1 Å². The molecule has 33 heavy (non-hydrogen) atoms.